The molecule has 3 aromatic rings. The highest BCUT2D eigenvalue weighted by Gasteiger charge is 2.19. The molecular weight excluding hydrogens is 438 g/mol. The SMILES string of the molecule is CCn1c(SCC(=O)Nc2ccc(N3CCOCC3)cc2)nnc1[C@@H](C)Oc1ccccc1. The second-order valence-electron chi connectivity index (χ2n) is 7.64. The molecule has 2 heterocycles. The molecule has 2 aromatic carbocycles. The summed E-state index contributed by atoms with van der Waals surface area (Å²) in [4.78, 5) is 14.8. The average molecular weight is 468 g/mol. The third-order valence-corrected chi connectivity index (χ3v) is 6.31. The Morgan fingerprint density at radius 3 is 2.55 bits per heavy atom. The van der Waals surface area contributed by atoms with Crippen molar-refractivity contribution in [3.05, 3.63) is 60.4 Å². The first-order valence-electron chi connectivity index (χ1n) is 11.1. The van der Waals surface area contributed by atoms with Gasteiger partial charge in [0.1, 0.15) is 5.75 Å². The van der Waals surface area contributed by atoms with Gasteiger partial charge in [-0.2, -0.15) is 0 Å². The molecule has 0 saturated carbocycles. The number of ether oxygens (including phenoxy) is 2. The van der Waals surface area contributed by atoms with Crippen LogP contribution < -0.4 is 15.0 Å². The molecule has 0 aliphatic carbocycles. The Morgan fingerprint density at radius 1 is 1.12 bits per heavy atom. The summed E-state index contributed by atoms with van der Waals surface area (Å²) in [6, 6.07) is 17.6. The topological polar surface area (TPSA) is 81.5 Å². The van der Waals surface area contributed by atoms with Crippen LogP contribution in [-0.2, 0) is 16.1 Å². The highest BCUT2D eigenvalue weighted by molar-refractivity contribution is 7.99. The summed E-state index contributed by atoms with van der Waals surface area (Å²) >= 11 is 1.37. The van der Waals surface area contributed by atoms with Crippen LogP contribution in [0.3, 0.4) is 0 Å². The Hall–Kier alpha value is -3.04. The van der Waals surface area contributed by atoms with Crippen LogP contribution in [0.1, 0.15) is 25.8 Å². The van der Waals surface area contributed by atoms with Gasteiger partial charge in [-0.3, -0.25) is 4.79 Å². The van der Waals surface area contributed by atoms with E-state index in [0.717, 1.165) is 49.3 Å². The zero-order valence-electron chi connectivity index (χ0n) is 18.9. The van der Waals surface area contributed by atoms with Crippen molar-refractivity contribution in [3.8, 4) is 5.75 Å². The molecule has 4 rings (SSSR count). The predicted molar refractivity (Wildman–Crippen MR) is 130 cm³/mol. The molecule has 0 spiro atoms. The molecule has 1 aliphatic heterocycles. The number of rotatable bonds is 9. The van der Waals surface area contributed by atoms with Gasteiger partial charge in [-0.25, -0.2) is 0 Å². The van der Waals surface area contributed by atoms with Gasteiger partial charge in [0.15, 0.2) is 17.1 Å². The van der Waals surface area contributed by atoms with E-state index in [1.54, 1.807) is 0 Å². The predicted octanol–water partition coefficient (Wildman–Crippen LogP) is 4.01. The maximum absolute atomic E-state index is 12.5. The number of hydrogen-bond donors (Lipinski definition) is 1. The summed E-state index contributed by atoms with van der Waals surface area (Å²) in [5, 5.41) is 12.3. The van der Waals surface area contributed by atoms with Crippen LogP contribution in [0.2, 0.25) is 0 Å². The van der Waals surface area contributed by atoms with E-state index in [9.17, 15) is 4.79 Å². The van der Waals surface area contributed by atoms with Gasteiger partial charge in [0.25, 0.3) is 0 Å². The van der Waals surface area contributed by atoms with E-state index in [2.05, 4.69) is 20.4 Å². The number of carbonyl (C=O) groups is 1. The molecule has 0 bridgehead atoms. The number of benzene rings is 2. The fourth-order valence-corrected chi connectivity index (χ4v) is 4.47. The number of thioether (sulfide) groups is 1. The van der Waals surface area contributed by atoms with Gasteiger partial charge in [0, 0.05) is 31.0 Å². The lowest BCUT2D eigenvalue weighted by Crippen LogP contribution is -2.36. The summed E-state index contributed by atoms with van der Waals surface area (Å²) in [6.45, 7) is 7.94. The van der Waals surface area contributed by atoms with Gasteiger partial charge in [0.2, 0.25) is 5.91 Å². The van der Waals surface area contributed by atoms with Crippen LogP contribution >= 0.6 is 11.8 Å². The van der Waals surface area contributed by atoms with Gasteiger partial charge in [-0.15, -0.1) is 10.2 Å². The highest BCUT2D eigenvalue weighted by atomic mass is 32.2. The third-order valence-electron chi connectivity index (χ3n) is 5.34. The molecule has 0 unspecified atom stereocenters. The molecule has 1 aromatic heterocycles. The quantitative estimate of drug-likeness (QED) is 0.476. The van der Waals surface area contributed by atoms with Crippen molar-refractivity contribution in [2.75, 3.05) is 42.3 Å². The highest BCUT2D eigenvalue weighted by Crippen LogP contribution is 2.25. The first kappa shape index (κ1) is 23.1. The average Bonchev–Trinajstić information content (AvgIpc) is 3.27. The smallest absolute Gasteiger partial charge is 0.234 e. The molecule has 1 saturated heterocycles. The second-order valence-corrected chi connectivity index (χ2v) is 8.58. The first-order valence-corrected chi connectivity index (χ1v) is 12.1. The monoisotopic (exact) mass is 467 g/mol. The summed E-state index contributed by atoms with van der Waals surface area (Å²) in [5.74, 6) is 1.68. The van der Waals surface area contributed by atoms with Gasteiger partial charge < -0.3 is 24.3 Å². The minimum atomic E-state index is -0.256. The van der Waals surface area contributed by atoms with Crippen LogP contribution in [-0.4, -0.2) is 52.7 Å². The largest absolute Gasteiger partial charge is 0.483 e. The van der Waals surface area contributed by atoms with E-state index < -0.39 is 0 Å². The van der Waals surface area contributed by atoms with Crippen molar-refractivity contribution in [2.24, 2.45) is 0 Å². The summed E-state index contributed by atoms with van der Waals surface area (Å²) in [5.41, 5.74) is 1.92. The lowest BCUT2D eigenvalue weighted by Gasteiger charge is -2.28. The van der Waals surface area contributed by atoms with Crippen molar-refractivity contribution in [1.82, 2.24) is 14.8 Å². The molecular formula is C24H29N5O3S. The van der Waals surface area contributed by atoms with Crippen LogP contribution in [0, 0.1) is 0 Å². The molecule has 1 amide bonds. The van der Waals surface area contributed by atoms with Crippen molar-refractivity contribution in [2.45, 2.75) is 31.7 Å². The summed E-state index contributed by atoms with van der Waals surface area (Å²) < 4.78 is 13.4. The molecule has 1 fully saturated rings. The zero-order valence-corrected chi connectivity index (χ0v) is 19.8. The van der Waals surface area contributed by atoms with Crippen LogP contribution in [0.25, 0.3) is 0 Å². The number of aromatic nitrogens is 3. The Bertz CT molecular complexity index is 1040. The van der Waals surface area contributed by atoms with Crippen LogP contribution in [0.4, 0.5) is 11.4 Å². The summed E-state index contributed by atoms with van der Waals surface area (Å²) in [6.07, 6.45) is -0.256. The van der Waals surface area contributed by atoms with Crippen molar-refractivity contribution < 1.29 is 14.3 Å². The van der Waals surface area contributed by atoms with E-state index in [1.165, 1.54) is 11.8 Å². The van der Waals surface area contributed by atoms with Crippen molar-refractivity contribution in [3.63, 3.8) is 0 Å². The number of amides is 1. The molecule has 1 aliphatic rings. The number of para-hydroxylation sites is 1. The fraction of sp³-hybridized carbons (Fsp3) is 0.375. The third kappa shape index (κ3) is 6.06. The zero-order chi connectivity index (χ0) is 23.0. The van der Waals surface area contributed by atoms with E-state index in [0.29, 0.717) is 11.7 Å². The van der Waals surface area contributed by atoms with Gasteiger partial charge in [-0.1, -0.05) is 30.0 Å². The molecule has 174 valence electrons. The standard InChI is InChI=1S/C24H29N5O3S/c1-3-29-23(18(2)32-21-7-5-4-6-8-21)26-27-24(29)33-17-22(30)25-19-9-11-20(12-10-19)28-13-15-31-16-14-28/h4-12,18H,3,13-17H2,1-2H3,(H,25,30)/t18-/m1/s1. The van der Waals surface area contributed by atoms with E-state index in [-0.39, 0.29) is 17.8 Å². The fourth-order valence-electron chi connectivity index (χ4n) is 3.66. The van der Waals surface area contributed by atoms with Gasteiger partial charge >= 0.3 is 0 Å². The Labute approximate surface area is 198 Å². The lowest BCUT2D eigenvalue weighted by molar-refractivity contribution is -0.113. The number of nitrogens with zero attached hydrogens (tertiary/aromatic N) is 4. The molecule has 0 radical (unpaired) electrons. The number of carbonyl (C=O) groups excluding carboxylic acids is 1. The molecule has 9 heteroatoms. The first-order chi connectivity index (χ1) is 16.1. The number of anilines is 2. The van der Waals surface area contributed by atoms with Crippen molar-refractivity contribution in [1.29, 1.82) is 0 Å². The molecule has 1 N–H and O–H groups in total. The van der Waals surface area contributed by atoms with Crippen LogP contribution in [0.15, 0.2) is 59.8 Å². The van der Waals surface area contributed by atoms with E-state index >= 15 is 0 Å². The lowest BCUT2D eigenvalue weighted by atomic mass is 10.2. The normalized spacial score (nSPS) is 14.7. The summed E-state index contributed by atoms with van der Waals surface area (Å²) in [7, 11) is 0. The maximum Gasteiger partial charge on any atom is 0.234 e. The van der Waals surface area contributed by atoms with Crippen LogP contribution in [0.5, 0.6) is 5.75 Å². The Morgan fingerprint density at radius 2 is 1.85 bits per heavy atom. The Kier molecular flexibility index (Phi) is 7.85. The van der Waals surface area contributed by atoms with E-state index in [4.69, 9.17) is 9.47 Å². The molecule has 1 atom stereocenters. The molecule has 33 heavy (non-hydrogen) atoms. The van der Waals surface area contributed by atoms with Gasteiger partial charge in [0.05, 0.1) is 19.0 Å². The Balaban J connectivity index is 1.31. The van der Waals surface area contributed by atoms with Gasteiger partial charge in [-0.05, 0) is 50.2 Å². The maximum atomic E-state index is 12.5. The minimum Gasteiger partial charge on any atom is -0.483 e. The van der Waals surface area contributed by atoms with E-state index in [1.807, 2.05) is 73.0 Å². The van der Waals surface area contributed by atoms with Crippen molar-refractivity contribution >= 4 is 29.0 Å². The molecule has 8 nitrogen and oxygen atoms in total. The minimum absolute atomic E-state index is 0.0834. The number of hydrogen-bond acceptors (Lipinski definition) is 7. The second kappa shape index (κ2) is 11.2. The number of morpholine rings is 1. The number of nitrogens with one attached hydrogen (secondary N) is 1.